The molecule has 2 unspecified atom stereocenters. The molecular formula is C15H23BrN2O. The van der Waals surface area contributed by atoms with E-state index in [4.69, 9.17) is 10.5 Å². The Morgan fingerprint density at radius 1 is 1.37 bits per heavy atom. The number of piperidine rings is 1. The Bertz CT molecular complexity index is 382. The first-order valence-corrected chi connectivity index (χ1v) is 7.79. The second kappa shape index (κ2) is 7.27. The molecule has 1 fully saturated rings. The molecule has 106 valence electrons. The zero-order valence-corrected chi connectivity index (χ0v) is 13.1. The number of nitrogens with zero attached hydrogens (tertiary/aromatic N) is 1. The van der Waals surface area contributed by atoms with Gasteiger partial charge >= 0.3 is 0 Å². The van der Waals surface area contributed by atoms with E-state index in [1.165, 1.54) is 13.0 Å². The summed E-state index contributed by atoms with van der Waals surface area (Å²) in [6.07, 6.45) is 1.25. The largest absolute Gasteiger partial charge is 0.492 e. The number of halogens is 1. The highest BCUT2D eigenvalue weighted by Crippen LogP contribution is 2.22. The van der Waals surface area contributed by atoms with Crippen LogP contribution in [0.3, 0.4) is 0 Å². The Morgan fingerprint density at radius 2 is 2.11 bits per heavy atom. The number of rotatable bonds is 5. The smallest absolute Gasteiger partial charge is 0.119 e. The van der Waals surface area contributed by atoms with Gasteiger partial charge < -0.3 is 10.5 Å². The molecule has 1 heterocycles. The van der Waals surface area contributed by atoms with Gasteiger partial charge in [0.15, 0.2) is 0 Å². The van der Waals surface area contributed by atoms with Crippen LogP contribution in [0.2, 0.25) is 0 Å². The Balaban J connectivity index is 1.72. The summed E-state index contributed by atoms with van der Waals surface area (Å²) in [6.45, 7) is 7.12. The van der Waals surface area contributed by atoms with E-state index in [-0.39, 0.29) is 0 Å². The molecule has 1 aromatic carbocycles. The number of benzene rings is 1. The first-order valence-electron chi connectivity index (χ1n) is 7.00. The summed E-state index contributed by atoms with van der Waals surface area (Å²) < 4.78 is 6.85. The maximum Gasteiger partial charge on any atom is 0.119 e. The van der Waals surface area contributed by atoms with Crippen LogP contribution in [-0.2, 0) is 0 Å². The molecule has 1 aromatic rings. The molecule has 0 spiro atoms. The molecular weight excluding hydrogens is 304 g/mol. The first-order chi connectivity index (χ1) is 9.19. The summed E-state index contributed by atoms with van der Waals surface area (Å²) in [5, 5.41) is 0. The van der Waals surface area contributed by atoms with Gasteiger partial charge in [0.2, 0.25) is 0 Å². The van der Waals surface area contributed by atoms with E-state index in [1.54, 1.807) is 0 Å². The zero-order chi connectivity index (χ0) is 13.7. The van der Waals surface area contributed by atoms with Crippen LogP contribution in [0.1, 0.15) is 13.3 Å². The van der Waals surface area contributed by atoms with Crippen LogP contribution in [0, 0.1) is 11.8 Å². The fourth-order valence-electron chi connectivity index (χ4n) is 2.56. The zero-order valence-electron chi connectivity index (χ0n) is 11.5. The van der Waals surface area contributed by atoms with Crippen molar-refractivity contribution < 1.29 is 4.74 Å². The van der Waals surface area contributed by atoms with Gasteiger partial charge in [-0.25, -0.2) is 0 Å². The summed E-state index contributed by atoms with van der Waals surface area (Å²) in [5.41, 5.74) is 5.83. The van der Waals surface area contributed by atoms with Gasteiger partial charge in [0, 0.05) is 17.6 Å². The molecule has 2 atom stereocenters. The van der Waals surface area contributed by atoms with Crippen LogP contribution < -0.4 is 10.5 Å². The lowest BCUT2D eigenvalue weighted by Crippen LogP contribution is -2.44. The molecule has 0 amide bonds. The average molecular weight is 327 g/mol. The molecule has 0 bridgehead atoms. The molecule has 4 heteroatoms. The van der Waals surface area contributed by atoms with Crippen molar-refractivity contribution >= 4 is 15.9 Å². The Kier molecular flexibility index (Phi) is 5.67. The lowest BCUT2D eigenvalue weighted by atomic mass is 9.87. The van der Waals surface area contributed by atoms with Crippen molar-refractivity contribution in [3.05, 3.63) is 28.7 Å². The van der Waals surface area contributed by atoms with Gasteiger partial charge in [0.05, 0.1) is 0 Å². The van der Waals surface area contributed by atoms with Crippen LogP contribution in [0.5, 0.6) is 5.75 Å². The lowest BCUT2D eigenvalue weighted by molar-refractivity contribution is 0.114. The summed E-state index contributed by atoms with van der Waals surface area (Å²) in [4.78, 5) is 2.47. The number of nitrogens with two attached hydrogens (primary N) is 1. The van der Waals surface area contributed by atoms with E-state index in [2.05, 4.69) is 27.8 Å². The van der Waals surface area contributed by atoms with Gasteiger partial charge in [-0.05, 0) is 55.6 Å². The second-order valence-corrected chi connectivity index (χ2v) is 6.28. The SMILES string of the molecule is CC1CCN(CCOc2ccc(Br)cc2)CC1CN. The maximum absolute atomic E-state index is 5.83. The summed E-state index contributed by atoms with van der Waals surface area (Å²) >= 11 is 3.42. The number of hydrogen-bond acceptors (Lipinski definition) is 3. The summed E-state index contributed by atoms with van der Waals surface area (Å²) in [5.74, 6) is 2.33. The van der Waals surface area contributed by atoms with E-state index in [0.717, 1.165) is 42.4 Å². The molecule has 19 heavy (non-hydrogen) atoms. The summed E-state index contributed by atoms with van der Waals surface area (Å²) in [7, 11) is 0. The highest BCUT2D eigenvalue weighted by Gasteiger charge is 2.24. The van der Waals surface area contributed by atoms with Crippen molar-refractivity contribution in [3.63, 3.8) is 0 Å². The third-order valence-corrected chi connectivity index (χ3v) is 4.52. The molecule has 1 aliphatic rings. The molecule has 1 saturated heterocycles. The number of ether oxygens (including phenoxy) is 1. The molecule has 0 aromatic heterocycles. The fourth-order valence-corrected chi connectivity index (χ4v) is 2.82. The van der Waals surface area contributed by atoms with Gasteiger partial charge in [-0.3, -0.25) is 4.90 Å². The van der Waals surface area contributed by atoms with E-state index in [1.807, 2.05) is 24.3 Å². The minimum Gasteiger partial charge on any atom is -0.492 e. The van der Waals surface area contributed by atoms with Crippen LogP contribution in [0.15, 0.2) is 28.7 Å². The molecule has 1 aliphatic heterocycles. The molecule has 2 N–H and O–H groups in total. The van der Waals surface area contributed by atoms with E-state index >= 15 is 0 Å². The fraction of sp³-hybridized carbons (Fsp3) is 0.600. The van der Waals surface area contributed by atoms with Crippen LogP contribution in [0.25, 0.3) is 0 Å². The predicted molar refractivity (Wildman–Crippen MR) is 82.4 cm³/mol. The van der Waals surface area contributed by atoms with E-state index in [9.17, 15) is 0 Å². The van der Waals surface area contributed by atoms with Crippen LogP contribution in [0.4, 0.5) is 0 Å². The Hall–Kier alpha value is -0.580. The molecule has 0 radical (unpaired) electrons. The standard InChI is InChI=1S/C15H23BrN2O/c1-12-6-7-18(11-13(12)10-17)8-9-19-15-4-2-14(16)3-5-15/h2-5,12-13H,6-11,17H2,1H3. The lowest BCUT2D eigenvalue weighted by Gasteiger charge is -2.36. The second-order valence-electron chi connectivity index (χ2n) is 5.36. The van der Waals surface area contributed by atoms with Gasteiger partial charge in [0.1, 0.15) is 12.4 Å². The number of likely N-dealkylation sites (tertiary alicyclic amines) is 1. The van der Waals surface area contributed by atoms with Crippen molar-refractivity contribution in [1.82, 2.24) is 4.90 Å². The van der Waals surface area contributed by atoms with Gasteiger partial charge in [-0.1, -0.05) is 22.9 Å². The monoisotopic (exact) mass is 326 g/mol. The van der Waals surface area contributed by atoms with Crippen molar-refractivity contribution in [3.8, 4) is 5.75 Å². The normalized spacial score (nSPS) is 24.4. The topological polar surface area (TPSA) is 38.5 Å². The highest BCUT2D eigenvalue weighted by atomic mass is 79.9. The third kappa shape index (κ3) is 4.48. The van der Waals surface area contributed by atoms with E-state index in [0.29, 0.717) is 5.92 Å². The average Bonchev–Trinajstić information content (AvgIpc) is 2.43. The minimum absolute atomic E-state index is 0.640. The summed E-state index contributed by atoms with van der Waals surface area (Å²) in [6, 6.07) is 7.99. The van der Waals surface area contributed by atoms with Crippen LogP contribution in [-0.4, -0.2) is 37.7 Å². The molecule has 3 nitrogen and oxygen atoms in total. The van der Waals surface area contributed by atoms with Crippen LogP contribution >= 0.6 is 15.9 Å². The van der Waals surface area contributed by atoms with Crippen molar-refractivity contribution in [2.75, 3.05) is 32.8 Å². The van der Waals surface area contributed by atoms with Crippen molar-refractivity contribution in [2.24, 2.45) is 17.6 Å². The number of hydrogen-bond donors (Lipinski definition) is 1. The quantitative estimate of drug-likeness (QED) is 0.904. The first kappa shape index (κ1) is 14.8. The predicted octanol–water partition coefficient (Wildman–Crippen LogP) is 2.74. The third-order valence-electron chi connectivity index (χ3n) is 3.99. The molecule has 0 aliphatic carbocycles. The highest BCUT2D eigenvalue weighted by molar-refractivity contribution is 9.10. The Morgan fingerprint density at radius 3 is 2.79 bits per heavy atom. The van der Waals surface area contributed by atoms with Crippen molar-refractivity contribution in [2.45, 2.75) is 13.3 Å². The van der Waals surface area contributed by atoms with E-state index < -0.39 is 0 Å². The minimum atomic E-state index is 0.640. The van der Waals surface area contributed by atoms with Gasteiger partial charge in [-0.15, -0.1) is 0 Å². The van der Waals surface area contributed by atoms with Crippen molar-refractivity contribution in [1.29, 1.82) is 0 Å². The molecule has 2 rings (SSSR count). The van der Waals surface area contributed by atoms with Gasteiger partial charge in [-0.2, -0.15) is 0 Å². The van der Waals surface area contributed by atoms with Gasteiger partial charge in [0.25, 0.3) is 0 Å². The molecule has 0 saturated carbocycles. The Labute approximate surface area is 124 Å². The maximum atomic E-state index is 5.83.